The van der Waals surface area contributed by atoms with E-state index in [-0.39, 0.29) is 5.97 Å². The van der Waals surface area contributed by atoms with Crippen molar-refractivity contribution < 1.29 is 19.1 Å². The molecule has 4 rings (SSSR count). The third kappa shape index (κ3) is 3.53. The van der Waals surface area contributed by atoms with Crippen LogP contribution in [-0.2, 0) is 19.7 Å². The van der Waals surface area contributed by atoms with E-state index < -0.39 is 11.4 Å². The molecule has 0 unspecified atom stereocenters. The second-order valence-electron chi connectivity index (χ2n) is 6.90. The molecule has 0 spiro atoms. The molecule has 0 radical (unpaired) electrons. The van der Waals surface area contributed by atoms with Crippen LogP contribution in [0.1, 0.15) is 35.0 Å². The fraction of sp³-hybridized carbons (Fsp3) is 0.273. The Morgan fingerprint density at radius 3 is 2.14 bits per heavy atom. The fourth-order valence-electron chi connectivity index (χ4n) is 3.44. The first-order chi connectivity index (χ1) is 14.1. The van der Waals surface area contributed by atoms with E-state index in [2.05, 4.69) is 9.59 Å². The molecule has 6 nitrogen and oxygen atoms in total. The molecule has 1 saturated carbocycles. The maximum absolute atomic E-state index is 12.1. The summed E-state index contributed by atoms with van der Waals surface area (Å²) in [5, 5.41) is 4.09. The average Bonchev–Trinajstić information content (AvgIpc) is 3.43. The van der Waals surface area contributed by atoms with Gasteiger partial charge in [-0.05, 0) is 48.0 Å². The molecular weight excluding hydrogens is 388 g/mol. The van der Waals surface area contributed by atoms with Gasteiger partial charge in [-0.2, -0.15) is 0 Å². The van der Waals surface area contributed by atoms with Crippen LogP contribution >= 0.6 is 11.5 Å². The number of carbonyl (C=O) groups is 2. The van der Waals surface area contributed by atoms with Crippen LogP contribution in [0, 0.1) is 0 Å². The van der Waals surface area contributed by atoms with Crippen molar-refractivity contribution in [2.24, 2.45) is 0 Å². The van der Waals surface area contributed by atoms with Crippen molar-refractivity contribution in [1.29, 1.82) is 0 Å². The number of benzene rings is 2. The highest BCUT2D eigenvalue weighted by molar-refractivity contribution is 7.08. The molecule has 0 atom stereocenters. The molecule has 0 aliphatic heterocycles. The number of hydrogen-bond acceptors (Lipinski definition) is 7. The number of ether oxygens (including phenoxy) is 2. The van der Waals surface area contributed by atoms with Crippen LogP contribution in [0.25, 0.3) is 22.4 Å². The summed E-state index contributed by atoms with van der Waals surface area (Å²) in [5.74, 6) is -0.569. The zero-order valence-corrected chi connectivity index (χ0v) is 17.0. The maximum Gasteiger partial charge on any atom is 0.352 e. The van der Waals surface area contributed by atoms with Crippen LogP contribution in [0.15, 0.2) is 48.5 Å². The first-order valence-electron chi connectivity index (χ1n) is 9.38. The third-order valence-corrected chi connectivity index (χ3v) is 5.91. The number of methoxy groups -OCH3 is 1. The van der Waals surface area contributed by atoms with E-state index in [1.165, 1.54) is 7.11 Å². The second-order valence-corrected chi connectivity index (χ2v) is 7.65. The zero-order chi connectivity index (χ0) is 20.4. The largest absolute Gasteiger partial charge is 0.468 e. The van der Waals surface area contributed by atoms with Gasteiger partial charge in [0.15, 0.2) is 4.88 Å². The highest BCUT2D eigenvalue weighted by Gasteiger charge is 2.52. The Kier molecular flexibility index (Phi) is 5.15. The smallest absolute Gasteiger partial charge is 0.352 e. The number of rotatable bonds is 6. The highest BCUT2D eigenvalue weighted by Crippen LogP contribution is 2.49. The number of nitrogens with zero attached hydrogens (tertiary/aromatic N) is 2. The van der Waals surface area contributed by atoms with Crippen LogP contribution in [0.4, 0.5) is 0 Å². The minimum Gasteiger partial charge on any atom is -0.468 e. The van der Waals surface area contributed by atoms with Crippen molar-refractivity contribution in [3.63, 3.8) is 0 Å². The van der Waals surface area contributed by atoms with Gasteiger partial charge >= 0.3 is 11.9 Å². The summed E-state index contributed by atoms with van der Waals surface area (Å²) in [6.07, 6.45) is 1.66. The van der Waals surface area contributed by atoms with Gasteiger partial charge in [0.1, 0.15) is 5.69 Å². The number of hydrogen-bond donors (Lipinski definition) is 0. The van der Waals surface area contributed by atoms with E-state index in [0.717, 1.165) is 46.6 Å². The molecule has 0 N–H and O–H groups in total. The Hall–Kier alpha value is -3.06. The number of esters is 2. The molecular formula is C22H20N2O4S. The van der Waals surface area contributed by atoms with Crippen LogP contribution in [-0.4, -0.2) is 35.2 Å². The van der Waals surface area contributed by atoms with Gasteiger partial charge in [0.05, 0.1) is 19.1 Å². The molecule has 1 aromatic heterocycles. The van der Waals surface area contributed by atoms with E-state index in [9.17, 15) is 9.59 Å². The van der Waals surface area contributed by atoms with Crippen molar-refractivity contribution in [3.05, 3.63) is 59.0 Å². The first-order valence-corrected chi connectivity index (χ1v) is 10.2. The Morgan fingerprint density at radius 2 is 1.59 bits per heavy atom. The van der Waals surface area contributed by atoms with Crippen molar-refractivity contribution in [1.82, 2.24) is 9.59 Å². The predicted octanol–water partition coefficient (Wildman–Crippen LogP) is 4.25. The molecule has 148 valence electrons. The normalized spacial score (nSPS) is 14.3. The molecule has 1 heterocycles. The van der Waals surface area contributed by atoms with Gasteiger partial charge in [-0.25, -0.2) is 4.79 Å². The van der Waals surface area contributed by atoms with Gasteiger partial charge in [-0.3, -0.25) is 4.79 Å². The number of aromatic nitrogens is 2. The molecule has 0 saturated heterocycles. The van der Waals surface area contributed by atoms with Crippen molar-refractivity contribution in [2.75, 3.05) is 13.7 Å². The Balaban J connectivity index is 1.56. The summed E-state index contributed by atoms with van der Waals surface area (Å²) in [7, 11) is 1.43. The van der Waals surface area contributed by atoms with E-state index >= 15 is 0 Å². The third-order valence-electron chi connectivity index (χ3n) is 5.20. The van der Waals surface area contributed by atoms with Crippen LogP contribution in [0.2, 0.25) is 0 Å². The fourth-order valence-corrected chi connectivity index (χ4v) is 4.03. The topological polar surface area (TPSA) is 78.4 Å². The van der Waals surface area contributed by atoms with E-state index in [1.807, 2.05) is 48.5 Å². The van der Waals surface area contributed by atoms with Crippen LogP contribution in [0.3, 0.4) is 0 Å². The summed E-state index contributed by atoms with van der Waals surface area (Å²) >= 11 is 1.03. The highest BCUT2D eigenvalue weighted by atomic mass is 32.1. The Labute approximate surface area is 172 Å². The quantitative estimate of drug-likeness (QED) is 0.567. The van der Waals surface area contributed by atoms with E-state index in [4.69, 9.17) is 9.47 Å². The van der Waals surface area contributed by atoms with E-state index in [1.54, 1.807) is 6.92 Å². The van der Waals surface area contributed by atoms with Crippen molar-refractivity contribution in [2.45, 2.75) is 25.2 Å². The molecule has 7 heteroatoms. The lowest BCUT2D eigenvalue weighted by atomic mass is 9.93. The second kappa shape index (κ2) is 7.75. The lowest BCUT2D eigenvalue weighted by Gasteiger charge is -2.13. The molecule has 1 fully saturated rings. The van der Waals surface area contributed by atoms with Gasteiger partial charge in [-0.1, -0.05) is 53.0 Å². The minimum atomic E-state index is -0.460. The predicted molar refractivity (Wildman–Crippen MR) is 110 cm³/mol. The average molecular weight is 408 g/mol. The SMILES string of the molecule is CCOC(=O)c1snnc1-c1ccc(-c2ccc(C3(C(=O)OC)CC3)cc2)cc1. The lowest BCUT2D eigenvalue weighted by molar-refractivity contribution is -0.143. The van der Waals surface area contributed by atoms with Crippen LogP contribution < -0.4 is 0 Å². The zero-order valence-electron chi connectivity index (χ0n) is 16.2. The maximum atomic E-state index is 12.1. The van der Waals surface area contributed by atoms with Gasteiger partial charge in [0, 0.05) is 5.56 Å². The molecule has 3 aromatic rings. The molecule has 1 aliphatic rings. The van der Waals surface area contributed by atoms with Crippen molar-refractivity contribution >= 4 is 23.5 Å². The van der Waals surface area contributed by atoms with Gasteiger partial charge in [0.2, 0.25) is 0 Å². The minimum absolute atomic E-state index is 0.163. The van der Waals surface area contributed by atoms with Crippen molar-refractivity contribution in [3.8, 4) is 22.4 Å². The molecule has 1 aliphatic carbocycles. The summed E-state index contributed by atoms with van der Waals surface area (Å²) < 4.78 is 13.9. The van der Waals surface area contributed by atoms with E-state index in [0.29, 0.717) is 17.2 Å². The summed E-state index contributed by atoms with van der Waals surface area (Å²) in [4.78, 5) is 24.5. The monoisotopic (exact) mass is 408 g/mol. The standard InChI is InChI=1S/C22H20N2O4S/c1-3-28-20(25)19-18(23-24-29-19)16-6-4-14(5-7-16)15-8-10-17(11-9-15)22(12-13-22)21(26)27-2/h4-11H,3,12-13H2,1-2H3. The summed E-state index contributed by atoms with van der Waals surface area (Å²) in [6.45, 7) is 2.07. The van der Waals surface area contributed by atoms with Gasteiger partial charge in [-0.15, -0.1) is 5.10 Å². The molecule has 29 heavy (non-hydrogen) atoms. The summed E-state index contributed by atoms with van der Waals surface area (Å²) in [5.41, 5.74) is 3.96. The first kappa shape index (κ1) is 19.3. The summed E-state index contributed by atoms with van der Waals surface area (Å²) in [6, 6.07) is 15.8. The lowest BCUT2D eigenvalue weighted by Crippen LogP contribution is -2.21. The molecule has 0 amide bonds. The molecule has 0 bridgehead atoms. The number of carbonyl (C=O) groups excluding carboxylic acids is 2. The van der Waals surface area contributed by atoms with Crippen LogP contribution in [0.5, 0.6) is 0 Å². The Morgan fingerprint density at radius 1 is 1.00 bits per heavy atom. The molecule has 2 aromatic carbocycles. The van der Waals surface area contributed by atoms with Gasteiger partial charge < -0.3 is 9.47 Å². The Bertz CT molecular complexity index is 1040. The van der Waals surface area contributed by atoms with Gasteiger partial charge in [0.25, 0.3) is 0 Å².